The van der Waals surface area contributed by atoms with Gasteiger partial charge in [-0.1, -0.05) is 23.6 Å². The summed E-state index contributed by atoms with van der Waals surface area (Å²) >= 11 is 1.23. The van der Waals surface area contributed by atoms with Crippen molar-refractivity contribution in [1.29, 1.82) is 0 Å². The number of anilines is 1. The van der Waals surface area contributed by atoms with E-state index in [1.54, 1.807) is 6.92 Å². The Bertz CT molecular complexity index is 469. The molecule has 3 heteroatoms. The molecule has 0 bridgehead atoms. The fourth-order valence-electron chi connectivity index (χ4n) is 1.24. The molecule has 0 heterocycles. The highest BCUT2D eigenvalue weighted by Gasteiger charge is 1.99. The number of hydrogen-bond acceptors (Lipinski definition) is 3. The molecular weight excluding hydrogens is 218 g/mol. The van der Waals surface area contributed by atoms with E-state index in [0.29, 0.717) is 5.75 Å². The number of carbonyl (C=O) groups is 1. The van der Waals surface area contributed by atoms with Gasteiger partial charge in [-0.2, -0.15) is 0 Å². The molecule has 0 atom stereocenters. The summed E-state index contributed by atoms with van der Waals surface area (Å²) in [6.07, 6.45) is 0. The van der Waals surface area contributed by atoms with Crippen LogP contribution >= 0.6 is 11.8 Å². The lowest BCUT2D eigenvalue weighted by Gasteiger charge is -2.03. The number of benzene rings is 1. The Labute approximate surface area is 101 Å². The van der Waals surface area contributed by atoms with Crippen molar-refractivity contribution in [3.05, 3.63) is 28.8 Å². The lowest BCUT2D eigenvalue weighted by molar-refractivity contribution is -0.109. The molecule has 0 spiro atoms. The van der Waals surface area contributed by atoms with Gasteiger partial charge >= 0.3 is 0 Å². The monoisotopic (exact) mass is 233 g/mol. The highest BCUT2D eigenvalue weighted by Crippen LogP contribution is 2.16. The molecule has 0 amide bonds. The SMILES string of the molecule is CC(=O)SCC#Cc1cc(C)c(N)cc1C. The van der Waals surface area contributed by atoms with Crippen LogP contribution in [0.2, 0.25) is 0 Å². The van der Waals surface area contributed by atoms with Crippen LogP contribution in [0.4, 0.5) is 5.69 Å². The van der Waals surface area contributed by atoms with Crippen molar-refractivity contribution in [2.45, 2.75) is 20.8 Å². The summed E-state index contributed by atoms with van der Waals surface area (Å²) in [6, 6.07) is 3.91. The molecule has 0 aliphatic heterocycles. The minimum atomic E-state index is 0.0968. The average molecular weight is 233 g/mol. The predicted octanol–water partition coefficient (Wildman–Crippen LogP) is 2.52. The summed E-state index contributed by atoms with van der Waals surface area (Å²) in [4.78, 5) is 10.7. The molecule has 0 saturated carbocycles. The maximum atomic E-state index is 10.7. The van der Waals surface area contributed by atoms with Gasteiger partial charge in [0, 0.05) is 18.2 Å². The summed E-state index contributed by atoms with van der Waals surface area (Å²) in [5, 5.41) is 0.0968. The molecule has 1 aromatic rings. The molecule has 16 heavy (non-hydrogen) atoms. The lowest BCUT2D eigenvalue weighted by Crippen LogP contribution is -1.93. The second kappa shape index (κ2) is 5.62. The first-order valence-electron chi connectivity index (χ1n) is 4.99. The highest BCUT2D eigenvalue weighted by atomic mass is 32.2. The zero-order valence-corrected chi connectivity index (χ0v) is 10.6. The van der Waals surface area contributed by atoms with Crippen LogP contribution in [0.5, 0.6) is 0 Å². The number of aryl methyl sites for hydroxylation is 2. The van der Waals surface area contributed by atoms with Gasteiger partial charge in [0.1, 0.15) is 0 Å². The van der Waals surface area contributed by atoms with Crippen molar-refractivity contribution >= 4 is 22.6 Å². The number of thioether (sulfide) groups is 1. The number of nitrogens with two attached hydrogens (primary N) is 1. The van der Waals surface area contributed by atoms with Crippen LogP contribution in [0.3, 0.4) is 0 Å². The van der Waals surface area contributed by atoms with Gasteiger partial charge in [-0.15, -0.1) is 0 Å². The van der Waals surface area contributed by atoms with E-state index in [2.05, 4.69) is 11.8 Å². The molecule has 0 aliphatic carbocycles. The van der Waals surface area contributed by atoms with E-state index < -0.39 is 0 Å². The number of nitrogen functional groups attached to an aromatic ring is 1. The molecule has 0 unspecified atom stereocenters. The van der Waals surface area contributed by atoms with Crippen molar-refractivity contribution in [2.75, 3.05) is 11.5 Å². The first-order chi connectivity index (χ1) is 7.50. The maximum absolute atomic E-state index is 10.7. The van der Waals surface area contributed by atoms with Crippen molar-refractivity contribution in [1.82, 2.24) is 0 Å². The highest BCUT2D eigenvalue weighted by molar-refractivity contribution is 8.13. The molecule has 2 nitrogen and oxygen atoms in total. The summed E-state index contributed by atoms with van der Waals surface area (Å²) in [5.41, 5.74) is 9.67. The fourth-order valence-corrected chi connectivity index (χ4v) is 1.59. The summed E-state index contributed by atoms with van der Waals surface area (Å²) in [7, 11) is 0. The van der Waals surface area contributed by atoms with E-state index in [1.807, 2.05) is 26.0 Å². The Kier molecular flexibility index (Phi) is 4.45. The topological polar surface area (TPSA) is 43.1 Å². The standard InChI is InChI=1S/C13H15NOS/c1-9-8-13(14)10(2)7-12(9)5-4-6-16-11(3)15/h7-8H,6,14H2,1-3H3. The molecule has 0 saturated heterocycles. The first-order valence-corrected chi connectivity index (χ1v) is 5.98. The van der Waals surface area contributed by atoms with E-state index in [9.17, 15) is 4.79 Å². The van der Waals surface area contributed by atoms with E-state index in [-0.39, 0.29) is 5.12 Å². The third-order valence-electron chi connectivity index (χ3n) is 2.18. The molecule has 0 aromatic heterocycles. The van der Waals surface area contributed by atoms with Crippen molar-refractivity contribution in [2.24, 2.45) is 0 Å². The predicted molar refractivity (Wildman–Crippen MR) is 70.3 cm³/mol. The first kappa shape index (κ1) is 12.7. The van der Waals surface area contributed by atoms with Crippen LogP contribution in [0.25, 0.3) is 0 Å². The Balaban J connectivity index is 2.81. The molecule has 0 radical (unpaired) electrons. The van der Waals surface area contributed by atoms with Gasteiger partial charge in [0.25, 0.3) is 0 Å². The number of rotatable bonds is 1. The van der Waals surface area contributed by atoms with Crippen LogP contribution in [-0.4, -0.2) is 10.9 Å². The summed E-state index contributed by atoms with van der Waals surface area (Å²) < 4.78 is 0. The fraction of sp³-hybridized carbons (Fsp3) is 0.308. The van der Waals surface area contributed by atoms with Gasteiger partial charge in [-0.25, -0.2) is 0 Å². The van der Waals surface area contributed by atoms with Crippen molar-refractivity contribution in [3.8, 4) is 11.8 Å². The molecule has 84 valence electrons. The molecule has 0 aliphatic rings. The second-order valence-corrected chi connectivity index (χ2v) is 4.76. The molecule has 0 fully saturated rings. The Hall–Kier alpha value is -1.40. The quantitative estimate of drug-likeness (QED) is 0.598. The molecule has 2 N–H and O–H groups in total. The molecule has 1 aromatic carbocycles. The minimum Gasteiger partial charge on any atom is -0.399 e. The Morgan fingerprint density at radius 1 is 1.38 bits per heavy atom. The van der Waals surface area contributed by atoms with Gasteiger partial charge in [0.05, 0.1) is 5.75 Å². The Morgan fingerprint density at radius 2 is 2.06 bits per heavy atom. The van der Waals surface area contributed by atoms with Crippen LogP contribution in [-0.2, 0) is 4.79 Å². The summed E-state index contributed by atoms with van der Waals surface area (Å²) in [6.45, 7) is 5.49. The largest absolute Gasteiger partial charge is 0.399 e. The zero-order chi connectivity index (χ0) is 12.1. The van der Waals surface area contributed by atoms with Gasteiger partial charge in [-0.05, 0) is 37.1 Å². The van der Waals surface area contributed by atoms with Gasteiger partial charge in [0.15, 0.2) is 5.12 Å². The zero-order valence-electron chi connectivity index (χ0n) is 9.76. The normalized spacial score (nSPS) is 9.44. The number of carbonyl (C=O) groups excluding carboxylic acids is 1. The van der Waals surface area contributed by atoms with Crippen LogP contribution in [0.15, 0.2) is 12.1 Å². The van der Waals surface area contributed by atoms with E-state index >= 15 is 0 Å². The third kappa shape index (κ3) is 3.63. The summed E-state index contributed by atoms with van der Waals surface area (Å²) in [5.74, 6) is 6.57. The van der Waals surface area contributed by atoms with E-state index in [1.165, 1.54) is 11.8 Å². The van der Waals surface area contributed by atoms with Crippen LogP contribution in [0, 0.1) is 25.7 Å². The van der Waals surface area contributed by atoms with Gasteiger partial charge in [-0.3, -0.25) is 4.79 Å². The molecular formula is C13H15NOS. The molecule has 1 rings (SSSR count). The van der Waals surface area contributed by atoms with Crippen molar-refractivity contribution < 1.29 is 4.79 Å². The second-order valence-electron chi connectivity index (χ2n) is 3.61. The minimum absolute atomic E-state index is 0.0968. The smallest absolute Gasteiger partial charge is 0.186 e. The maximum Gasteiger partial charge on any atom is 0.186 e. The van der Waals surface area contributed by atoms with Crippen molar-refractivity contribution in [3.63, 3.8) is 0 Å². The van der Waals surface area contributed by atoms with Crippen LogP contribution in [0.1, 0.15) is 23.6 Å². The van der Waals surface area contributed by atoms with Gasteiger partial charge in [0.2, 0.25) is 0 Å². The van der Waals surface area contributed by atoms with Crippen LogP contribution < -0.4 is 5.73 Å². The van der Waals surface area contributed by atoms with E-state index in [0.717, 1.165) is 22.4 Å². The Morgan fingerprint density at radius 3 is 2.69 bits per heavy atom. The van der Waals surface area contributed by atoms with Gasteiger partial charge < -0.3 is 5.73 Å². The third-order valence-corrected chi connectivity index (χ3v) is 2.88. The average Bonchev–Trinajstić information content (AvgIpc) is 2.19. The number of hydrogen-bond donors (Lipinski definition) is 1. The van der Waals surface area contributed by atoms with E-state index in [4.69, 9.17) is 5.73 Å². The lowest BCUT2D eigenvalue weighted by atomic mass is 10.0.